The van der Waals surface area contributed by atoms with Crippen molar-refractivity contribution in [3.05, 3.63) is 29.3 Å². The van der Waals surface area contributed by atoms with E-state index in [-0.39, 0.29) is 0 Å². The van der Waals surface area contributed by atoms with E-state index in [1.54, 1.807) is 12.1 Å². The van der Waals surface area contributed by atoms with E-state index in [9.17, 15) is 5.11 Å². The lowest BCUT2D eigenvalue weighted by atomic mass is 9.78. The van der Waals surface area contributed by atoms with Gasteiger partial charge in [-0.05, 0) is 42.5 Å². The van der Waals surface area contributed by atoms with Crippen molar-refractivity contribution in [2.24, 2.45) is 11.8 Å². The van der Waals surface area contributed by atoms with E-state index in [0.717, 1.165) is 11.7 Å². The van der Waals surface area contributed by atoms with Crippen molar-refractivity contribution in [2.45, 2.75) is 45.3 Å². The summed E-state index contributed by atoms with van der Waals surface area (Å²) >= 11 is 5.82. The van der Waals surface area contributed by atoms with Gasteiger partial charge in [0.05, 0.1) is 19.3 Å². The predicted molar refractivity (Wildman–Crippen MR) is 97.7 cm³/mol. The zero-order valence-corrected chi connectivity index (χ0v) is 15.5. The second kappa shape index (κ2) is 10.2. The van der Waals surface area contributed by atoms with Gasteiger partial charge < -0.3 is 19.9 Å². The Hall–Kier alpha value is -0.810. The summed E-state index contributed by atoms with van der Waals surface area (Å²) in [6.07, 6.45) is 3.31. The monoisotopic (exact) mass is 355 g/mol. The second-order valence-corrected chi connectivity index (χ2v) is 7.25. The van der Waals surface area contributed by atoms with Gasteiger partial charge in [-0.2, -0.15) is 0 Å². The van der Waals surface area contributed by atoms with Crippen LogP contribution in [-0.2, 0) is 4.74 Å². The number of benzene rings is 1. The molecule has 0 heterocycles. The fraction of sp³-hybridized carbons (Fsp3) is 0.684. The van der Waals surface area contributed by atoms with Gasteiger partial charge in [0.2, 0.25) is 0 Å². The molecule has 1 aromatic carbocycles. The number of hydrogen-bond acceptors (Lipinski definition) is 4. The molecule has 0 saturated heterocycles. The van der Waals surface area contributed by atoms with E-state index in [0.29, 0.717) is 43.3 Å². The zero-order valence-electron chi connectivity index (χ0n) is 14.7. The maximum atomic E-state index is 10.0. The summed E-state index contributed by atoms with van der Waals surface area (Å²) in [5.74, 6) is 2.19. The molecule has 5 heteroatoms. The minimum absolute atomic E-state index is 0.327. The summed E-state index contributed by atoms with van der Waals surface area (Å²) < 4.78 is 11.0. The lowest BCUT2D eigenvalue weighted by Gasteiger charge is -2.35. The Balaban J connectivity index is 1.53. The van der Waals surface area contributed by atoms with Gasteiger partial charge in [0.15, 0.2) is 0 Å². The first-order chi connectivity index (χ1) is 11.6. The van der Waals surface area contributed by atoms with Crippen LogP contribution in [0.25, 0.3) is 0 Å². The molecule has 4 nitrogen and oxygen atoms in total. The summed E-state index contributed by atoms with van der Waals surface area (Å²) in [5.41, 5.74) is 0. The summed E-state index contributed by atoms with van der Waals surface area (Å²) in [4.78, 5) is 0. The third-order valence-corrected chi connectivity index (χ3v) is 5.19. The lowest BCUT2D eigenvalue weighted by Crippen LogP contribution is -2.44. The first kappa shape index (κ1) is 19.5. The van der Waals surface area contributed by atoms with Gasteiger partial charge in [0.1, 0.15) is 12.4 Å². The number of hydrogen-bond donors (Lipinski definition) is 2. The van der Waals surface area contributed by atoms with E-state index in [4.69, 9.17) is 21.1 Å². The van der Waals surface area contributed by atoms with Crippen molar-refractivity contribution < 1.29 is 14.6 Å². The van der Waals surface area contributed by atoms with Gasteiger partial charge in [-0.25, -0.2) is 0 Å². The molecule has 0 bridgehead atoms. The van der Waals surface area contributed by atoms with Crippen LogP contribution in [0.2, 0.25) is 5.02 Å². The van der Waals surface area contributed by atoms with Gasteiger partial charge in [-0.3, -0.25) is 0 Å². The van der Waals surface area contributed by atoms with Crippen LogP contribution >= 0.6 is 11.6 Å². The highest BCUT2D eigenvalue weighted by Gasteiger charge is 2.26. The average Bonchev–Trinajstić information content (AvgIpc) is 2.57. The minimum atomic E-state index is -0.482. The van der Waals surface area contributed by atoms with Gasteiger partial charge in [0.25, 0.3) is 0 Å². The van der Waals surface area contributed by atoms with Gasteiger partial charge in [-0.15, -0.1) is 0 Å². The van der Waals surface area contributed by atoms with E-state index in [1.807, 2.05) is 12.1 Å². The quantitative estimate of drug-likeness (QED) is 0.665. The molecular formula is C19H30ClNO3. The topological polar surface area (TPSA) is 50.7 Å². The van der Waals surface area contributed by atoms with Gasteiger partial charge >= 0.3 is 0 Å². The minimum Gasteiger partial charge on any atom is -0.491 e. The Morgan fingerprint density at radius 3 is 2.71 bits per heavy atom. The molecule has 2 rings (SSSR count). The van der Waals surface area contributed by atoms with Crippen molar-refractivity contribution in [1.29, 1.82) is 0 Å². The summed E-state index contributed by atoms with van der Waals surface area (Å²) in [6, 6.07) is 7.75. The molecule has 24 heavy (non-hydrogen) atoms. The molecule has 136 valence electrons. The Labute approximate surface area is 150 Å². The van der Waals surface area contributed by atoms with E-state index in [1.165, 1.54) is 19.3 Å². The normalized spacial score (nSPS) is 25.4. The van der Waals surface area contributed by atoms with E-state index >= 15 is 0 Å². The third-order valence-electron chi connectivity index (χ3n) is 4.94. The molecule has 1 aliphatic carbocycles. The predicted octanol–water partition coefficient (Wildman–Crippen LogP) is 3.51. The van der Waals surface area contributed by atoms with Crippen LogP contribution in [0.1, 0.15) is 33.1 Å². The Kier molecular flexibility index (Phi) is 8.33. The van der Waals surface area contributed by atoms with Crippen molar-refractivity contribution in [2.75, 3.05) is 26.4 Å². The van der Waals surface area contributed by atoms with Crippen LogP contribution in [0.4, 0.5) is 0 Å². The maximum absolute atomic E-state index is 10.0. The second-order valence-electron chi connectivity index (χ2n) is 6.81. The average molecular weight is 356 g/mol. The van der Waals surface area contributed by atoms with E-state index < -0.39 is 6.10 Å². The number of halogens is 1. The first-order valence-corrected chi connectivity index (χ1v) is 9.31. The molecular weight excluding hydrogens is 326 g/mol. The largest absolute Gasteiger partial charge is 0.491 e. The molecule has 1 saturated carbocycles. The van der Waals surface area contributed by atoms with Gasteiger partial charge in [0, 0.05) is 17.6 Å². The van der Waals surface area contributed by atoms with Crippen LogP contribution in [0.15, 0.2) is 24.3 Å². The number of aliphatic hydroxyl groups excluding tert-OH is 1. The fourth-order valence-electron chi connectivity index (χ4n) is 3.19. The molecule has 2 N–H and O–H groups in total. The number of ether oxygens (including phenoxy) is 2. The van der Waals surface area contributed by atoms with Crippen LogP contribution in [-0.4, -0.2) is 43.6 Å². The van der Waals surface area contributed by atoms with Gasteiger partial charge in [-0.1, -0.05) is 38.3 Å². The Bertz CT molecular complexity index is 468. The van der Waals surface area contributed by atoms with Crippen LogP contribution in [0.5, 0.6) is 5.75 Å². The SMILES string of the molecule is C[C@@H]1[C@H](C)CCC[C@@H]1NC[C@@H](O)COCCOc1ccc(Cl)cc1. The molecule has 0 radical (unpaired) electrons. The molecule has 0 aliphatic heterocycles. The molecule has 0 amide bonds. The molecule has 1 aliphatic rings. The van der Waals surface area contributed by atoms with E-state index in [2.05, 4.69) is 19.2 Å². The summed E-state index contributed by atoms with van der Waals surface area (Å²) in [5, 5.41) is 14.2. The summed E-state index contributed by atoms with van der Waals surface area (Å²) in [7, 11) is 0. The van der Waals surface area contributed by atoms with Crippen molar-refractivity contribution in [1.82, 2.24) is 5.32 Å². The molecule has 1 aromatic rings. The molecule has 1 fully saturated rings. The highest BCUT2D eigenvalue weighted by Crippen LogP contribution is 2.29. The molecule has 0 unspecified atom stereocenters. The lowest BCUT2D eigenvalue weighted by molar-refractivity contribution is 0.0217. The number of nitrogens with one attached hydrogen (secondary N) is 1. The fourth-order valence-corrected chi connectivity index (χ4v) is 3.31. The number of rotatable bonds is 9. The third kappa shape index (κ3) is 6.60. The highest BCUT2D eigenvalue weighted by atomic mass is 35.5. The Morgan fingerprint density at radius 1 is 1.21 bits per heavy atom. The molecule has 4 atom stereocenters. The van der Waals surface area contributed by atoms with Crippen LogP contribution < -0.4 is 10.1 Å². The molecule has 0 aromatic heterocycles. The number of aliphatic hydroxyl groups is 1. The van der Waals surface area contributed by atoms with Crippen LogP contribution in [0.3, 0.4) is 0 Å². The van der Waals surface area contributed by atoms with Crippen molar-refractivity contribution in [3.8, 4) is 5.75 Å². The zero-order chi connectivity index (χ0) is 17.4. The highest BCUT2D eigenvalue weighted by molar-refractivity contribution is 6.30. The standard InChI is InChI=1S/C19H30ClNO3/c1-14-4-3-5-19(15(14)2)21-12-17(22)13-23-10-11-24-18-8-6-16(20)7-9-18/h6-9,14-15,17,19,21-22H,3-5,10-13H2,1-2H3/t14-,15-,17-,19+/m1/s1. The smallest absolute Gasteiger partial charge is 0.119 e. The maximum Gasteiger partial charge on any atom is 0.119 e. The summed E-state index contributed by atoms with van der Waals surface area (Å²) in [6.45, 7) is 6.44. The Morgan fingerprint density at radius 2 is 1.96 bits per heavy atom. The first-order valence-electron chi connectivity index (χ1n) is 8.94. The van der Waals surface area contributed by atoms with Crippen molar-refractivity contribution >= 4 is 11.6 Å². The molecule has 0 spiro atoms. The van der Waals surface area contributed by atoms with Crippen LogP contribution in [0, 0.1) is 11.8 Å². The van der Waals surface area contributed by atoms with Crippen molar-refractivity contribution in [3.63, 3.8) is 0 Å².